The number of nitrogens with zero attached hydrogens (tertiary/aromatic N) is 2. The minimum absolute atomic E-state index is 0.142. The Morgan fingerprint density at radius 3 is 2.13 bits per heavy atom. The van der Waals surface area contributed by atoms with Crippen LogP contribution in [0.1, 0.15) is 26.3 Å². The number of aryl methyl sites for hydroxylation is 1. The summed E-state index contributed by atoms with van der Waals surface area (Å²) < 4.78 is 15.1. The number of hydrogen-bond donors (Lipinski definition) is 2. The first-order valence-corrected chi connectivity index (χ1v) is 9.60. The van der Waals surface area contributed by atoms with Crippen LogP contribution < -0.4 is 10.9 Å². The van der Waals surface area contributed by atoms with Crippen LogP contribution in [0.25, 0.3) is 16.9 Å². The van der Waals surface area contributed by atoms with Crippen LogP contribution in [0.4, 0.5) is 4.39 Å². The predicted molar refractivity (Wildman–Crippen MR) is 115 cm³/mol. The van der Waals surface area contributed by atoms with Crippen LogP contribution in [0.2, 0.25) is 0 Å². The summed E-state index contributed by atoms with van der Waals surface area (Å²) in [7, 11) is 0. The Bertz CT molecular complexity index is 1240. The molecule has 0 aliphatic heterocycles. The standard InChI is InChI=1S/C24H19FN4O2/c1-16-12-13-18(25)14-20(16)23(30)26-27-24(31)21-15-29(19-10-6-3-7-11-19)28-22(21)17-8-4-2-5-9-17/h2-15H,1H3,(H,26,30)(H,27,31). The van der Waals surface area contributed by atoms with E-state index >= 15 is 0 Å². The molecule has 1 aromatic heterocycles. The maximum absolute atomic E-state index is 13.5. The smallest absolute Gasteiger partial charge is 0.267 e. The number of hydrazine groups is 1. The summed E-state index contributed by atoms with van der Waals surface area (Å²) in [6.45, 7) is 1.69. The van der Waals surface area contributed by atoms with Crippen LogP contribution in [-0.2, 0) is 0 Å². The van der Waals surface area contributed by atoms with Gasteiger partial charge in [-0.2, -0.15) is 5.10 Å². The van der Waals surface area contributed by atoms with Crippen molar-refractivity contribution in [1.82, 2.24) is 20.6 Å². The van der Waals surface area contributed by atoms with Gasteiger partial charge in [0.15, 0.2) is 0 Å². The number of aromatic nitrogens is 2. The maximum atomic E-state index is 13.5. The number of para-hydroxylation sites is 1. The van der Waals surface area contributed by atoms with Crippen LogP contribution >= 0.6 is 0 Å². The lowest BCUT2D eigenvalue weighted by Gasteiger charge is -2.09. The molecule has 2 N–H and O–H groups in total. The van der Waals surface area contributed by atoms with E-state index in [1.807, 2.05) is 60.7 Å². The molecule has 4 rings (SSSR count). The number of halogens is 1. The molecule has 6 nitrogen and oxygen atoms in total. The molecular weight excluding hydrogens is 395 g/mol. The lowest BCUT2D eigenvalue weighted by molar-refractivity contribution is 0.0846. The summed E-state index contributed by atoms with van der Waals surface area (Å²) in [6.07, 6.45) is 1.60. The van der Waals surface area contributed by atoms with E-state index in [9.17, 15) is 14.0 Å². The van der Waals surface area contributed by atoms with Crippen molar-refractivity contribution in [2.24, 2.45) is 0 Å². The first kappa shape index (κ1) is 20.0. The second-order valence-electron chi connectivity index (χ2n) is 6.91. The lowest BCUT2D eigenvalue weighted by Crippen LogP contribution is -2.42. The number of rotatable bonds is 4. The van der Waals surface area contributed by atoms with Crippen molar-refractivity contribution in [3.63, 3.8) is 0 Å². The van der Waals surface area contributed by atoms with Gasteiger partial charge in [-0.1, -0.05) is 54.6 Å². The first-order valence-electron chi connectivity index (χ1n) is 9.60. The molecule has 0 saturated carbocycles. The maximum Gasteiger partial charge on any atom is 0.273 e. The number of hydrogen-bond acceptors (Lipinski definition) is 3. The van der Waals surface area contributed by atoms with E-state index in [2.05, 4.69) is 16.0 Å². The van der Waals surface area contributed by atoms with Crippen molar-refractivity contribution in [2.45, 2.75) is 6.92 Å². The first-order chi connectivity index (χ1) is 15.0. The van der Waals surface area contributed by atoms with Gasteiger partial charge in [0.25, 0.3) is 11.8 Å². The third kappa shape index (κ3) is 4.35. The summed E-state index contributed by atoms with van der Waals surface area (Å²) >= 11 is 0. The number of nitrogens with one attached hydrogen (secondary N) is 2. The zero-order chi connectivity index (χ0) is 21.8. The lowest BCUT2D eigenvalue weighted by atomic mass is 10.1. The second kappa shape index (κ2) is 8.62. The summed E-state index contributed by atoms with van der Waals surface area (Å²) in [5.41, 5.74) is 7.79. The van der Waals surface area contributed by atoms with E-state index in [-0.39, 0.29) is 11.1 Å². The normalized spacial score (nSPS) is 10.5. The molecule has 0 atom stereocenters. The fourth-order valence-electron chi connectivity index (χ4n) is 3.15. The van der Waals surface area contributed by atoms with Gasteiger partial charge in [-0.15, -0.1) is 0 Å². The average molecular weight is 414 g/mol. The molecule has 0 bridgehead atoms. The van der Waals surface area contributed by atoms with Crippen molar-refractivity contribution >= 4 is 11.8 Å². The van der Waals surface area contributed by atoms with Crippen LogP contribution in [0.5, 0.6) is 0 Å². The van der Waals surface area contributed by atoms with E-state index in [4.69, 9.17) is 0 Å². The van der Waals surface area contributed by atoms with Crippen molar-refractivity contribution < 1.29 is 14.0 Å². The molecule has 31 heavy (non-hydrogen) atoms. The van der Waals surface area contributed by atoms with Gasteiger partial charge in [0, 0.05) is 17.3 Å². The second-order valence-corrected chi connectivity index (χ2v) is 6.91. The number of amides is 2. The largest absolute Gasteiger partial charge is 0.273 e. The quantitative estimate of drug-likeness (QED) is 0.495. The topological polar surface area (TPSA) is 76.0 Å². The Morgan fingerprint density at radius 1 is 0.839 bits per heavy atom. The molecule has 0 aliphatic rings. The van der Waals surface area contributed by atoms with E-state index in [0.717, 1.165) is 17.3 Å². The fourth-order valence-corrected chi connectivity index (χ4v) is 3.15. The zero-order valence-electron chi connectivity index (χ0n) is 16.7. The Kier molecular flexibility index (Phi) is 5.57. The van der Waals surface area contributed by atoms with Gasteiger partial charge < -0.3 is 0 Å². The molecule has 0 unspecified atom stereocenters. The third-order valence-corrected chi connectivity index (χ3v) is 4.76. The molecule has 7 heteroatoms. The molecule has 0 saturated heterocycles. The predicted octanol–water partition coefficient (Wildman–Crippen LogP) is 4.06. The van der Waals surface area contributed by atoms with Crippen molar-refractivity contribution in [3.05, 3.63) is 108 Å². The summed E-state index contributed by atoms with van der Waals surface area (Å²) in [6, 6.07) is 22.6. The number of benzene rings is 3. The molecule has 0 spiro atoms. The van der Waals surface area contributed by atoms with E-state index in [0.29, 0.717) is 11.3 Å². The van der Waals surface area contributed by atoms with Gasteiger partial charge in [-0.05, 0) is 36.8 Å². The van der Waals surface area contributed by atoms with Crippen LogP contribution in [0, 0.1) is 12.7 Å². The number of carbonyl (C=O) groups excluding carboxylic acids is 2. The highest BCUT2D eigenvalue weighted by atomic mass is 19.1. The highest BCUT2D eigenvalue weighted by molar-refractivity contribution is 6.02. The molecular formula is C24H19FN4O2. The minimum Gasteiger partial charge on any atom is -0.267 e. The fraction of sp³-hybridized carbons (Fsp3) is 0.0417. The minimum atomic E-state index is -0.609. The summed E-state index contributed by atoms with van der Waals surface area (Å²) in [5, 5.41) is 4.58. The Morgan fingerprint density at radius 2 is 1.45 bits per heavy atom. The van der Waals surface area contributed by atoms with Crippen LogP contribution in [0.15, 0.2) is 85.1 Å². The Balaban J connectivity index is 1.61. The molecule has 3 aromatic carbocycles. The van der Waals surface area contributed by atoms with Crippen molar-refractivity contribution in [3.8, 4) is 16.9 Å². The molecule has 0 radical (unpaired) electrons. The Labute approximate surface area is 178 Å². The molecule has 0 fully saturated rings. The Hall–Kier alpha value is -4.26. The van der Waals surface area contributed by atoms with Crippen molar-refractivity contribution in [1.29, 1.82) is 0 Å². The average Bonchev–Trinajstić information content (AvgIpc) is 3.26. The third-order valence-electron chi connectivity index (χ3n) is 4.76. The van der Waals surface area contributed by atoms with Crippen molar-refractivity contribution in [2.75, 3.05) is 0 Å². The SMILES string of the molecule is Cc1ccc(F)cc1C(=O)NNC(=O)c1cn(-c2ccccc2)nc1-c1ccccc1. The van der Waals surface area contributed by atoms with Gasteiger partial charge in [0.05, 0.1) is 11.3 Å². The summed E-state index contributed by atoms with van der Waals surface area (Å²) in [5.74, 6) is -1.68. The summed E-state index contributed by atoms with van der Waals surface area (Å²) in [4.78, 5) is 25.3. The highest BCUT2D eigenvalue weighted by Crippen LogP contribution is 2.23. The zero-order valence-corrected chi connectivity index (χ0v) is 16.7. The number of carbonyl (C=O) groups is 2. The molecule has 154 valence electrons. The highest BCUT2D eigenvalue weighted by Gasteiger charge is 2.20. The molecule has 2 amide bonds. The monoisotopic (exact) mass is 414 g/mol. The van der Waals surface area contributed by atoms with Crippen LogP contribution in [0.3, 0.4) is 0 Å². The van der Waals surface area contributed by atoms with Gasteiger partial charge >= 0.3 is 0 Å². The van der Waals surface area contributed by atoms with Gasteiger partial charge in [-0.25, -0.2) is 9.07 Å². The van der Waals surface area contributed by atoms with E-state index < -0.39 is 17.6 Å². The van der Waals surface area contributed by atoms with Gasteiger partial charge in [0.1, 0.15) is 11.5 Å². The van der Waals surface area contributed by atoms with Crippen LogP contribution in [-0.4, -0.2) is 21.6 Å². The molecule has 1 heterocycles. The van der Waals surface area contributed by atoms with Gasteiger partial charge in [-0.3, -0.25) is 20.4 Å². The van der Waals surface area contributed by atoms with E-state index in [1.54, 1.807) is 17.8 Å². The van der Waals surface area contributed by atoms with E-state index in [1.165, 1.54) is 12.1 Å². The molecule has 0 aliphatic carbocycles. The molecule has 4 aromatic rings. The van der Waals surface area contributed by atoms with Gasteiger partial charge in [0.2, 0.25) is 0 Å².